The quantitative estimate of drug-likeness (QED) is 0.441. The summed E-state index contributed by atoms with van der Waals surface area (Å²) in [7, 11) is 0. The first-order chi connectivity index (χ1) is 13.5. The van der Waals surface area contributed by atoms with E-state index in [9.17, 15) is 17.6 Å². The molecule has 0 atom stereocenters. The fourth-order valence-corrected chi connectivity index (χ4v) is 2.85. The Morgan fingerprint density at radius 2 is 1.71 bits per heavy atom. The molecule has 0 fully saturated rings. The smallest absolute Gasteiger partial charge is 0.387 e. The molecular weight excluding hydrogens is 404 g/mol. The van der Waals surface area contributed by atoms with E-state index < -0.39 is 18.9 Å². The van der Waals surface area contributed by atoms with Crippen molar-refractivity contribution in [2.75, 3.05) is 0 Å². The molecule has 0 saturated heterocycles. The summed E-state index contributed by atoms with van der Waals surface area (Å²) in [5.41, 5.74) is 0.667. The lowest BCUT2D eigenvalue weighted by atomic mass is 10.2. The molecule has 4 rings (SSSR count). The van der Waals surface area contributed by atoms with Crippen LogP contribution in [0.25, 0.3) is 17.1 Å². The minimum Gasteiger partial charge on any atom is -0.435 e. The van der Waals surface area contributed by atoms with E-state index in [1.165, 1.54) is 30.3 Å². The van der Waals surface area contributed by atoms with Crippen LogP contribution >= 0.6 is 11.8 Å². The van der Waals surface area contributed by atoms with E-state index in [4.69, 9.17) is 4.42 Å². The number of fused-ring (bicyclic) bond motifs is 1. The Labute approximate surface area is 157 Å². The van der Waals surface area contributed by atoms with Crippen molar-refractivity contribution in [3.8, 4) is 17.2 Å². The summed E-state index contributed by atoms with van der Waals surface area (Å²) < 4.78 is 60.9. The maximum atomic E-state index is 12.9. The lowest BCUT2D eigenvalue weighted by Crippen LogP contribution is -2.01. The maximum Gasteiger partial charge on any atom is 0.387 e. The molecule has 13 heteroatoms. The lowest BCUT2D eigenvalue weighted by molar-refractivity contribution is -0.0498. The first kappa shape index (κ1) is 18.2. The zero-order valence-electron chi connectivity index (χ0n) is 13.5. The van der Waals surface area contributed by atoms with E-state index in [0.29, 0.717) is 10.6 Å². The van der Waals surface area contributed by atoms with Gasteiger partial charge in [-0.15, -0.1) is 20.4 Å². The van der Waals surface area contributed by atoms with Crippen molar-refractivity contribution in [3.05, 3.63) is 42.2 Å². The summed E-state index contributed by atoms with van der Waals surface area (Å²) in [4.78, 5) is 0. The second-order valence-corrected chi connectivity index (χ2v) is 6.15. The highest BCUT2D eigenvalue weighted by molar-refractivity contribution is 7.99. The summed E-state index contributed by atoms with van der Waals surface area (Å²) >= 11 is 0.957. The molecule has 0 aliphatic rings. The van der Waals surface area contributed by atoms with Crippen molar-refractivity contribution in [2.45, 2.75) is 23.3 Å². The molecule has 3 aromatic heterocycles. The molecule has 0 radical (unpaired) electrons. The second-order valence-electron chi connectivity index (χ2n) is 5.18. The highest BCUT2D eigenvalue weighted by atomic mass is 32.2. The number of rotatable bonds is 6. The predicted molar refractivity (Wildman–Crippen MR) is 86.2 cm³/mol. The van der Waals surface area contributed by atoms with Gasteiger partial charge in [-0.1, -0.05) is 0 Å². The molecule has 0 saturated carbocycles. The van der Waals surface area contributed by atoms with Crippen LogP contribution < -0.4 is 4.74 Å². The molecule has 0 aliphatic heterocycles. The average Bonchev–Trinajstić information content (AvgIpc) is 3.28. The van der Waals surface area contributed by atoms with Gasteiger partial charge in [0.15, 0.2) is 5.65 Å². The standard InChI is InChI=1S/C15H8F4N6O2S/c16-11(17)12-21-20-9-5-6-10(24-25(9)12)28-15-23-22-13(27-15)7-1-3-8(4-2-7)26-14(18)19/h1-6,11,14H. The molecule has 144 valence electrons. The molecule has 0 aliphatic carbocycles. The van der Waals surface area contributed by atoms with Gasteiger partial charge in [0.1, 0.15) is 10.8 Å². The number of aromatic nitrogens is 6. The van der Waals surface area contributed by atoms with Crippen LogP contribution in [0.1, 0.15) is 12.2 Å². The van der Waals surface area contributed by atoms with Gasteiger partial charge in [-0.05, 0) is 48.2 Å². The lowest BCUT2D eigenvalue weighted by Gasteiger charge is -2.03. The monoisotopic (exact) mass is 412 g/mol. The van der Waals surface area contributed by atoms with Crippen LogP contribution in [0.2, 0.25) is 0 Å². The summed E-state index contributed by atoms with van der Waals surface area (Å²) in [6.07, 6.45) is -2.82. The molecule has 8 nitrogen and oxygen atoms in total. The Balaban J connectivity index is 1.53. The number of nitrogens with zero attached hydrogens (tertiary/aromatic N) is 6. The van der Waals surface area contributed by atoms with Crippen molar-refractivity contribution in [2.24, 2.45) is 0 Å². The molecule has 3 heterocycles. The van der Waals surface area contributed by atoms with Crippen LogP contribution in [0.5, 0.6) is 5.75 Å². The molecule has 28 heavy (non-hydrogen) atoms. The first-order valence-electron chi connectivity index (χ1n) is 7.57. The Morgan fingerprint density at radius 3 is 2.43 bits per heavy atom. The van der Waals surface area contributed by atoms with Gasteiger partial charge in [0.25, 0.3) is 11.6 Å². The van der Waals surface area contributed by atoms with Gasteiger partial charge in [-0.3, -0.25) is 0 Å². The van der Waals surface area contributed by atoms with Gasteiger partial charge in [0, 0.05) is 5.56 Å². The SMILES string of the molecule is FC(F)Oc1ccc(-c2nnc(Sc3ccc4nnc(C(F)F)n4n3)o2)cc1. The molecular formula is C15H8F4N6O2S. The summed E-state index contributed by atoms with van der Waals surface area (Å²) in [6, 6.07) is 8.67. The largest absolute Gasteiger partial charge is 0.435 e. The van der Waals surface area contributed by atoms with Crippen LogP contribution in [-0.2, 0) is 0 Å². The van der Waals surface area contributed by atoms with Crippen molar-refractivity contribution in [3.63, 3.8) is 0 Å². The molecule has 0 bridgehead atoms. The van der Waals surface area contributed by atoms with E-state index in [2.05, 4.69) is 30.2 Å². The van der Waals surface area contributed by atoms with Crippen LogP contribution in [0.4, 0.5) is 17.6 Å². The van der Waals surface area contributed by atoms with E-state index in [1.807, 2.05) is 0 Å². The van der Waals surface area contributed by atoms with Crippen molar-refractivity contribution < 1.29 is 26.7 Å². The highest BCUT2D eigenvalue weighted by Gasteiger charge is 2.18. The average molecular weight is 412 g/mol. The third kappa shape index (κ3) is 3.74. The minimum absolute atomic E-state index is 0.00542. The molecule has 0 spiro atoms. The van der Waals surface area contributed by atoms with E-state index in [-0.39, 0.29) is 22.5 Å². The number of hydrogen-bond acceptors (Lipinski definition) is 8. The molecule has 1 aromatic carbocycles. The number of ether oxygens (including phenoxy) is 1. The Bertz CT molecular complexity index is 1100. The minimum atomic E-state index is -2.92. The topological polar surface area (TPSA) is 91.2 Å². The zero-order chi connectivity index (χ0) is 19.7. The van der Waals surface area contributed by atoms with E-state index in [1.54, 1.807) is 6.07 Å². The van der Waals surface area contributed by atoms with Crippen molar-refractivity contribution in [1.29, 1.82) is 0 Å². The van der Waals surface area contributed by atoms with E-state index in [0.717, 1.165) is 16.3 Å². The van der Waals surface area contributed by atoms with Gasteiger partial charge in [-0.2, -0.15) is 18.4 Å². The van der Waals surface area contributed by atoms with Crippen LogP contribution in [0.15, 0.2) is 51.1 Å². The van der Waals surface area contributed by atoms with Crippen LogP contribution in [0, 0.1) is 0 Å². The molecule has 0 N–H and O–H groups in total. The van der Waals surface area contributed by atoms with Gasteiger partial charge in [-0.25, -0.2) is 8.78 Å². The Hall–Kier alpha value is -3.22. The summed E-state index contributed by atoms with van der Waals surface area (Å²) in [6.45, 7) is -2.92. The maximum absolute atomic E-state index is 12.9. The second kappa shape index (κ2) is 7.42. The fourth-order valence-electron chi connectivity index (χ4n) is 2.22. The number of benzene rings is 1. The van der Waals surface area contributed by atoms with Gasteiger partial charge >= 0.3 is 6.61 Å². The van der Waals surface area contributed by atoms with Gasteiger partial charge in [0.05, 0.1) is 0 Å². The molecule has 0 amide bonds. The normalized spacial score (nSPS) is 11.6. The number of alkyl halides is 4. The molecule has 4 aromatic rings. The number of halogens is 4. The summed E-state index contributed by atoms with van der Waals surface area (Å²) in [5.74, 6) is -0.436. The Morgan fingerprint density at radius 1 is 0.929 bits per heavy atom. The van der Waals surface area contributed by atoms with Crippen LogP contribution in [-0.4, -0.2) is 36.6 Å². The van der Waals surface area contributed by atoms with Gasteiger partial charge in [0.2, 0.25) is 11.7 Å². The number of hydrogen-bond donors (Lipinski definition) is 0. The summed E-state index contributed by atoms with van der Waals surface area (Å²) in [5, 5.41) is 19.2. The fraction of sp³-hybridized carbons (Fsp3) is 0.133. The van der Waals surface area contributed by atoms with Crippen molar-refractivity contribution >= 4 is 17.4 Å². The third-order valence-corrected chi connectivity index (χ3v) is 4.15. The first-order valence-corrected chi connectivity index (χ1v) is 8.38. The molecule has 0 unspecified atom stereocenters. The highest BCUT2D eigenvalue weighted by Crippen LogP contribution is 2.29. The zero-order valence-corrected chi connectivity index (χ0v) is 14.4. The Kier molecular flexibility index (Phi) is 4.81. The van der Waals surface area contributed by atoms with Crippen molar-refractivity contribution in [1.82, 2.24) is 30.0 Å². The van der Waals surface area contributed by atoms with Crippen LogP contribution in [0.3, 0.4) is 0 Å². The predicted octanol–water partition coefficient (Wildman–Crippen LogP) is 3.86. The van der Waals surface area contributed by atoms with Gasteiger partial charge < -0.3 is 9.15 Å². The van der Waals surface area contributed by atoms with E-state index >= 15 is 0 Å². The third-order valence-electron chi connectivity index (χ3n) is 3.38.